The number of amides is 1. The molecule has 4 rings (SSSR count). The standard InChI is InChI=1S/C21H27N9O2/c1-30-18(28-29-19(30)16-6-8-22-13-27-16)12-25-17-10-14(5-9-23-17)20(31)26-11-15-4-3-7-24-21(15)32-2/h5-6,8-10,13,15,21,24H,3-4,7,11-12H2,1-2H3,(H,23,25)(H,26,31). The van der Waals surface area contributed by atoms with Crippen molar-refractivity contribution in [3.05, 3.63) is 48.3 Å². The average Bonchev–Trinajstić information content (AvgIpc) is 3.22. The van der Waals surface area contributed by atoms with Gasteiger partial charge in [-0.15, -0.1) is 10.2 Å². The Hall–Kier alpha value is -3.44. The Bertz CT molecular complexity index is 1040. The summed E-state index contributed by atoms with van der Waals surface area (Å²) in [7, 11) is 3.56. The first-order valence-electron chi connectivity index (χ1n) is 10.5. The lowest BCUT2D eigenvalue weighted by molar-refractivity contribution is 0.00679. The Kier molecular flexibility index (Phi) is 6.97. The van der Waals surface area contributed by atoms with E-state index in [1.807, 2.05) is 11.6 Å². The number of carbonyl (C=O) groups excluding carboxylic acids is 1. The first-order chi connectivity index (χ1) is 15.7. The molecule has 1 aliphatic heterocycles. The van der Waals surface area contributed by atoms with Crippen molar-refractivity contribution in [2.24, 2.45) is 13.0 Å². The topological polar surface area (TPSA) is 132 Å². The smallest absolute Gasteiger partial charge is 0.251 e. The number of aromatic nitrogens is 6. The number of nitrogens with one attached hydrogen (secondary N) is 3. The van der Waals surface area contributed by atoms with Crippen LogP contribution in [0.1, 0.15) is 29.0 Å². The number of carbonyl (C=O) groups is 1. The number of rotatable bonds is 8. The quantitative estimate of drug-likeness (QED) is 0.472. The zero-order chi connectivity index (χ0) is 22.3. The van der Waals surface area contributed by atoms with Crippen LogP contribution in [0.2, 0.25) is 0 Å². The molecule has 168 valence electrons. The van der Waals surface area contributed by atoms with Gasteiger partial charge < -0.3 is 19.9 Å². The summed E-state index contributed by atoms with van der Waals surface area (Å²) in [5.74, 6) is 2.05. The molecule has 0 aliphatic carbocycles. The fraction of sp³-hybridized carbons (Fsp3) is 0.429. The lowest BCUT2D eigenvalue weighted by Crippen LogP contribution is -2.47. The molecule has 2 unspecified atom stereocenters. The maximum atomic E-state index is 12.7. The van der Waals surface area contributed by atoms with Gasteiger partial charge in [-0.25, -0.2) is 15.0 Å². The van der Waals surface area contributed by atoms with Gasteiger partial charge in [-0.3, -0.25) is 10.1 Å². The number of methoxy groups -OCH3 is 1. The predicted octanol–water partition coefficient (Wildman–Crippen LogP) is 0.981. The van der Waals surface area contributed by atoms with E-state index in [1.165, 1.54) is 6.33 Å². The highest BCUT2D eigenvalue weighted by molar-refractivity contribution is 5.94. The summed E-state index contributed by atoms with van der Waals surface area (Å²) in [5.41, 5.74) is 1.24. The van der Waals surface area contributed by atoms with E-state index in [9.17, 15) is 4.79 Å². The Labute approximate surface area is 186 Å². The van der Waals surface area contributed by atoms with Crippen LogP contribution in [0.4, 0.5) is 5.82 Å². The van der Waals surface area contributed by atoms with E-state index in [4.69, 9.17) is 4.74 Å². The zero-order valence-corrected chi connectivity index (χ0v) is 18.2. The highest BCUT2D eigenvalue weighted by Crippen LogP contribution is 2.17. The van der Waals surface area contributed by atoms with Gasteiger partial charge >= 0.3 is 0 Å². The number of pyridine rings is 1. The SMILES string of the molecule is COC1NCCCC1CNC(=O)c1ccnc(NCc2nnc(-c3ccncn3)n2C)c1. The third-order valence-electron chi connectivity index (χ3n) is 5.53. The maximum Gasteiger partial charge on any atom is 0.251 e. The van der Waals surface area contributed by atoms with Crippen molar-refractivity contribution < 1.29 is 9.53 Å². The highest BCUT2D eigenvalue weighted by atomic mass is 16.5. The molecule has 11 heteroatoms. The molecular weight excluding hydrogens is 410 g/mol. The van der Waals surface area contributed by atoms with Crippen molar-refractivity contribution in [1.82, 2.24) is 40.3 Å². The molecule has 4 heterocycles. The number of piperidine rings is 1. The number of hydrogen-bond donors (Lipinski definition) is 3. The molecule has 0 radical (unpaired) electrons. The number of anilines is 1. The van der Waals surface area contributed by atoms with E-state index in [-0.39, 0.29) is 18.1 Å². The minimum Gasteiger partial charge on any atom is -0.366 e. The van der Waals surface area contributed by atoms with E-state index >= 15 is 0 Å². The molecule has 32 heavy (non-hydrogen) atoms. The van der Waals surface area contributed by atoms with Gasteiger partial charge in [0.25, 0.3) is 5.91 Å². The molecule has 1 fully saturated rings. The van der Waals surface area contributed by atoms with Gasteiger partial charge in [-0.05, 0) is 37.6 Å². The van der Waals surface area contributed by atoms with Crippen molar-refractivity contribution in [2.75, 3.05) is 25.5 Å². The fourth-order valence-corrected chi connectivity index (χ4v) is 3.74. The molecule has 11 nitrogen and oxygen atoms in total. The molecule has 0 bridgehead atoms. The van der Waals surface area contributed by atoms with Gasteiger partial charge in [0, 0.05) is 44.6 Å². The van der Waals surface area contributed by atoms with Crippen LogP contribution in [0.25, 0.3) is 11.5 Å². The van der Waals surface area contributed by atoms with E-state index in [2.05, 4.69) is 41.1 Å². The Morgan fingerprint density at radius 1 is 1.28 bits per heavy atom. The minimum atomic E-state index is -0.138. The molecule has 1 amide bonds. The summed E-state index contributed by atoms with van der Waals surface area (Å²) < 4.78 is 7.33. The Morgan fingerprint density at radius 2 is 2.19 bits per heavy atom. The molecule has 3 N–H and O–H groups in total. The molecule has 0 aromatic carbocycles. The van der Waals surface area contributed by atoms with Crippen LogP contribution in [0.15, 0.2) is 36.9 Å². The second-order valence-electron chi connectivity index (χ2n) is 7.60. The molecule has 0 spiro atoms. The fourth-order valence-electron chi connectivity index (χ4n) is 3.74. The largest absolute Gasteiger partial charge is 0.366 e. The maximum absolute atomic E-state index is 12.7. The average molecular weight is 438 g/mol. The minimum absolute atomic E-state index is 0.0302. The van der Waals surface area contributed by atoms with E-state index in [1.54, 1.807) is 37.7 Å². The second kappa shape index (κ2) is 10.2. The van der Waals surface area contributed by atoms with Gasteiger partial charge in [-0.2, -0.15) is 0 Å². The van der Waals surface area contributed by atoms with Crippen molar-refractivity contribution in [3.8, 4) is 11.5 Å². The third kappa shape index (κ3) is 5.06. The monoisotopic (exact) mass is 437 g/mol. The van der Waals surface area contributed by atoms with Crippen LogP contribution in [-0.2, 0) is 18.3 Å². The van der Waals surface area contributed by atoms with Crippen molar-refractivity contribution >= 4 is 11.7 Å². The molecule has 1 saturated heterocycles. The van der Waals surface area contributed by atoms with Crippen LogP contribution in [0, 0.1) is 5.92 Å². The molecule has 0 saturated carbocycles. The van der Waals surface area contributed by atoms with Crippen LogP contribution in [0.5, 0.6) is 0 Å². The summed E-state index contributed by atoms with van der Waals surface area (Å²) >= 11 is 0. The van der Waals surface area contributed by atoms with Gasteiger partial charge in [0.1, 0.15) is 24.1 Å². The summed E-state index contributed by atoms with van der Waals surface area (Å²) in [5, 5.41) is 18.0. The van der Waals surface area contributed by atoms with E-state index < -0.39 is 0 Å². The second-order valence-corrected chi connectivity index (χ2v) is 7.60. The normalized spacial score (nSPS) is 18.3. The Morgan fingerprint density at radius 3 is 3.00 bits per heavy atom. The van der Waals surface area contributed by atoms with Gasteiger partial charge in [0.15, 0.2) is 11.6 Å². The van der Waals surface area contributed by atoms with E-state index in [0.29, 0.717) is 41.8 Å². The lowest BCUT2D eigenvalue weighted by atomic mass is 9.97. The summed E-state index contributed by atoms with van der Waals surface area (Å²) in [6.07, 6.45) is 6.81. The van der Waals surface area contributed by atoms with Gasteiger partial charge in [-0.1, -0.05) is 0 Å². The number of nitrogens with zero attached hydrogens (tertiary/aromatic N) is 6. The van der Waals surface area contributed by atoms with Crippen LogP contribution in [0.3, 0.4) is 0 Å². The highest BCUT2D eigenvalue weighted by Gasteiger charge is 2.25. The third-order valence-corrected chi connectivity index (χ3v) is 5.53. The first-order valence-corrected chi connectivity index (χ1v) is 10.5. The number of hydrogen-bond acceptors (Lipinski definition) is 9. The lowest BCUT2D eigenvalue weighted by Gasteiger charge is -2.31. The van der Waals surface area contributed by atoms with Crippen molar-refractivity contribution in [2.45, 2.75) is 25.6 Å². The Balaban J connectivity index is 1.35. The zero-order valence-electron chi connectivity index (χ0n) is 18.2. The molecule has 1 aliphatic rings. The van der Waals surface area contributed by atoms with Crippen molar-refractivity contribution in [3.63, 3.8) is 0 Å². The first kappa shape index (κ1) is 21.8. The molecule has 3 aromatic heterocycles. The van der Waals surface area contributed by atoms with Crippen LogP contribution in [-0.4, -0.2) is 62.1 Å². The van der Waals surface area contributed by atoms with Crippen LogP contribution < -0.4 is 16.0 Å². The van der Waals surface area contributed by atoms with Gasteiger partial charge in [0.05, 0.1) is 6.54 Å². The number of ether oxygens (including phenoxy) is 1. The molecular formula is C21H27N9O2. The summed E-state index contributed by atoms with van der Waals surface area (Å²) in [4.78, 5) is 25.1. The molecule has 3 aromatic rings. The predicted molar refractivity (Wildman–Crippen MR) is 117 cm³/mol. The molecule has 2 atom stereocenters. The van der Waals surface area contributed by atoms with Crippen molar-refractivity contribution in [1.29, 1.82) is 0 Å². The summed E-state index contributed by atoms with van der Waals surface area (Å²) in [6.45, 7) is 1.89. The van der Waals surface area contributed by atoms with Gasteiger partial charge in [0.2, 0.25) is 0 Å². The van der Waals surface area contributed by atoms with E-state index in [0.717, 1.165) is 19.4 Å². The van der Waals surface area contributed by atoms with Crippen LogP contribution >= 0.6 is 0 Å². The summed E-state index contributed by atoms with van der Waals surface area (Å²) in [6, 6.07) is 5.20.